The van der Waals surface area contributed by atoms with Crippen LogP contribution in [0.3, 0.4) is 0 Å². The first kappa shape index (κ1) is 52.3. The lowest BCUT2D eigenvalue weighted by atomic mass is 9.98. The smallest absolute Gasteiger partial charge is 0.0541 e. The second-order valence-electron chi connectivity index (χ2n) is 22.2. The van der Waals surface area contributed by atoms with Crippen LogP contribution in [0.4, 0.5) is 34.1 Å². The van der Waals surface area contributed by atoms with Gasteiger partial charge in [-0.15, -0.1) is 0 Å². The maximum atomic E-state index is 3.97. The maximum absolute atomic E-state index is 3.97. The van der Waals surface area contributed by atoms with Gasteiger partial charge in [0.25, 0.3) is 0 Å². The fourth-order valence-electron chi connectivity index (χ4n) is 12.4. The number of aromatic nitrogens is 1. The molecule has 0 aliphatic carbocycles. The molecule has 0 fully saturated rings. The number of anilines is 6. The van der Waals surface area contributed by atoms with E-state index in [4.69, 9.17) is 0 Å². The zero-order chi connectivity index (χ0) is 58.0. The first-order valence-electron chi connectivity index (χ1n) is 29.7. The number of fused-ring (bicyclic) bond motifs is 4. The Balaban J connectivity index is 0.754. The Morgan fingerprint density at radius 1 is 0.230 bits per heavy atom. The summed E-state index contributed by atoms with van der Waals surface area (Å²) in [6, 6.07) is 123. The van der Waals surface area contributed by atoms with E-state index in [2.05, 4.69) is 361 Å². The molecule has 15 rings (SSSR count). The molecule has 0 atom stereocenters. The Morgan fingerprint density at radius 3 is 0.977 bits per heavy atom. The van der Waals surface area contributed by atoms with Crippen LogP contribution in [0.5, 0.6) is 0 Å². The van der Waals surface area contributed by atoms with Crippen molar-refractivity contribution in [3.8, 4) is 72.4 Å². The quantitative estimate of drug-likeness (QED) is 0.108. The first-order valence-corrected chi connectivity index (χ1v) is 29.7. The van der Waals surface area contributed by atoms with Crippen molar-refractivity contribution in [3.63, 3.8) is 0 Å². The second-order valence-corrected chi connectivity index (χ2v) is 22.2. The fourth-order valence-corrected chi connectivity index (χ4v) is 12.4. The summed E-state index contributed by atoms with van der Waals surface area (Å²) in [6.45, 7) is 3.97. The zero-order valence-electron chi connectivity index (χ0n) is 48.0. The molecule has 14 aromatic carbocycles. The Hall–Kier alpha value is -11.5. The van der Waals surface area contributed by atoms with Crippen molar-refractivity contribution in [2.75, 3.05) is 9.80 Å². The van der Waals surface area contributed by atoms with Gasteiger partial charge in [0.15, 0.2) is 0 Å². The third kappa shape index (κ3) is 10.3. The number of nitrogens with zero attached hydrogens (tertiary/aromatic N) is 3. The van der Waals surface area contributed by atoms with Gasteiger partial charge in [0, 0.05) is 50.6 Å². The minimum absolute atomic E-state index is 1.07. The minimum atomic E-state index is 1.07. The molecule has 0 bridgehead atoms. The van der Waals surface area contributed by atoms with E-state index in [1.165, 1.54) is 88.2 Å². The van der Waals surface area contributed by atoms with Gasteiger partial charge in [0.05, 0.1) is 11.0 Å². The summed E-state index contributed by atoms with van der Waals surface area (Å²) in [5, 5.41) is 4.81. The Kier molecular flexibility index (Phi) is 13.8. The molecule has 0 saturated carbocycles. The number of para-hydroxylation sites is 1. The van der Waals surface area contributed by atoms with Crippen molar-refractivity contribution in [1.82, 2.24) is 4.57 Å². The van der Waals surface area contributed by atoms with Crippen LogP contribution >= 0.6 is 0 Å². The van der Waals surface area contributed by atoms with Crippen molar-refractivity contribution < 1.29 is 0 Å². The Labute approximate surface area is 508 Å². The lowest BCUT2D eigenvalue weighted by molar-refractivity contribution is 1.18. The van der Waals surface area contributed by atoms with Crippen LogP contribution in [0, 0.1) is 0 Å². The summed E-state index contributed by atoms with van der Waals surface area (Å²) in [7, 11) is 0. The van der Waals surface area contributed by atoms with Crippen LogP contribution in [0.1, 0.15) is 5.56 Å². The second kappa shape index (κ2) is 22.9. The van der Waals surface area contributed by atoms with E-state index in [0.717, 1.165) is 56.5 Å². The predicted octanol–water partition coefficient (Wildman–Crippen LogP) is 23.5. The fraction of sp³-hybridized carbons (Fsp3) is 0. The van der Waals surface area contributed by atoms with Crippen LogP contribution in [0.25, 0.3) is 111 Å². The molecular weight excluding hydrogens is 1050 g/mol. The third-order valence-corrected chi connectivity index (χ3v) is 17.0. The van der Waals surface area contributed by atoms with E-state index in [0.29, 0.717) is 0 Å². The molecule has 0 radical (unpaired) electrons. The van der Waals surface area contributed by atoms with Gasteiger partial charge in [0.2, 0.25) is 0 Å². The van der Waals surface area contributed by atoms with Crippen LogP contribution in [-0.4, -0.2) is 4.57 Å². The van der Waals surface area contributed by atoms with Gasteiger partial charge in [0.1, 0.15) is 0 Å². The van der Waals surface area contributed by atoms with E-state index < -0.39 is 0 Å². The van der Waals surface area contributed by atoms with E-state index in [9.17, 15) is 0 Å². The molecule has 1 aromatic heterocycles. The minimum Gasteiger partial charge on any atom is -0.311 e. The lowest BCUT2D eigenvalue weighted by Crippen LogP contribution is -2.10. The van der Waals surface area contributed by atoms with Crippen molar-refractivity contribution in [1.29, 1.82) is 0 Å². The molecule has 0 aliphatic heterocycles. The van der Waals surface area contributed by atoms with Gasteiger partial charge in [-0.1, -0.05) is 243 Å². The summed E-state index contributed by atoms with van der Waals surface area (Å²) >= 11 is 0. The maximum Gasteiger partial charge on any atom is 0.0541 e. The molecule has 15 aromatic rings. The van der Waals surface area contributed by atoms with Crippen LogP contribution in [0.15, 0.2) is 346 Å². The normalized spacial score (nSPS) is 11.3. The molecule has 0 unspecified atom stereocenters. The molecule has 3 heteroatoms. The highest BCUT2D eigenvalue weighted by molar-refractivity contribution is 6.10. The highest BCUT2D eigenvalue weighted by Crippen LogP contribution is 2.42. The predicted molar refractivity (Wildman–Crippen MR) is 370 cm³/mol. The molecule has 0 aliphatic rings. The summed E-state index contributed by atoms with van der Waals surface area (Å²) in [6.07, 6.45) is 1.89. The average Bonchev–Trinajstić information content (AvgIpc) is 1.90. The third-order valence-electron chi connectivity index (χ3n) is 17.0. The van der Waals surface area contributed by atoms with Crippen molar-refractivity contribution in [2.45, 2.75) is 0 Å². The molecule has 0 N–H and O–H groups in total. The van der Waals surface area contributed by atoms with Gasteiger partial charge in [-0.2, -0.15) is 0 Å². The number of rotatable bonds is 14. The first-order chi connectivity index (χ1) is 43.0. The summed E-state index contributed by atoms with van der Waals surface area (Å²) in [5.41, 5.74) is 25.3. The summed E-state index contributed by atoms with van der Waals surface area (Å²) in [5.74, 6) is 0. The van der Waals surface area contributed by atoms with Crippen molar-refractivity contribution >= 4 is 72.8 Å². The van der Waals surface area contributed by atoms with Crippen LogP contribution in [0.2, 0.25) is 0 Å². The summed E-state index contributed by atoms with van der Waals surface area (Å²) in [4.78, 5) is 4.72. The van der Waals surface area contributed by atoms with Crippen molar-refractivity contribution in [3.05, 3.63) is 352 Å². The number of hydrogen-bond acceptors (Lipinski definition) is 2. The van der Waals surface area contributed by atoms with Gasteiger partial charge in [-0.25, -0.2) is 0 Å². The Morgan fingerprint density at radius 2 is 0.540 bits per heavy atom. The number of hydrogen-bond donors (Lipinski definition) is 0. The largest absolute Gasteiger partial charge is 0.311 e. The number of benzene rings is 14. The summed E-state index contributed by atoms with van der Waals surface area (Å²) < 4.78 is 2.37. The van der Waals surface area contributed by atoms with E-state index in [1.807, 2.05) is 6.08 Å². The van der Waals surface area contributed by atoms with E-state index >= 15 is 0 Å². The molecule has 3 nitrogen and oxygen atoms in total. The topological polar surface area (TPSA) is 11.4 Å². The van der Waals surface area contributed by atoms with Gasteiger partial charge >= 0.3 is 0 Å². The van der Waals surface area contributed by atoms with Crippen LogP contribution in [-0.2, 0) is 0 Å². The van der Waals surface area contributed by atoms with E-state index in [-0.39, 0.29) is 0 Å². The highest BCUT2D eigenvalue weighted by Gasteiger charge is 2.19. The highest BCUT2D eigenvalue weighted by atomic mass is 15.1. The zero-order valence-corrected chi connectivity index (χ0v) is 48.0. The standard InChI is InChI=1S/C84H59N3/c1-2-59-22-42-79(43-23-59)87-83-21-13-12-20-81(83)82-58-73(41-55-84(82)87)70-28-29-72-57-80(54-40-71(72)56-70)86(77-50-36-67(37-51-77)64-26-24-63(25-27-64)60-14-6-3-7-15-60)78-52-38-69(39-53-78)68-34-48-76(49-35-68)85(74-44-30-65(31-45-74)61-16-8-4-9-17-61)75-46-32-66(33-47-75)62-18-10-5-11-19-62/h2-58H,1H2. The molecule has 0 saturated heterocycles. The van der Waals surface area contributed by atoms with Gasteiger partial charge < -0.3 is 14.4 Å². The average molecular weight is 1110 g/mol. The molecular formula is C84H59N3. The monoisotopic (exact) mass is 1110 g/mol. The SMILES string of the molecule is C=Cc1ccc(-n2c3ccccc3c3cc(-c4ccc5cc(N(c6ccc(-c7ccc(-c8ccccc8)cc7)cc6)c6ccc(-c7ccc(N(c8ccc(-c9ccccc9)cc8)c8ccc(-c9ccccc9)cc8)cc7)cc6)ccc5c4)ccc32)cc1. The molecule has 0 amide bonds. The van der Waals surface area contributed by atoms with Crippen molar-refractivity contribution in [2.24, 2.45) is 0 Å². The van der Waals surface area contributed by atoms with E-state index in [1.54, 1.807) is 0 Å². The Bertz CT molecular complexity index is 4820. The molecule has 0 spiro atoms. The molecule has 410 valence electrons. The lowest BCUT2D eigenvalue weighted by Gasteiger charge is -2.27. The molecule has 1 heterocycles. The van der Waals surface area contributed by atoms with Gasteiger partial charge in [-0.05, 0) is 192 Å². The molecule has 87 heavy (non-hydrogen) atoms. The van der Waals surface area contributed by atoms with Crippen LogP contribution < -0.4 is 9.80 Å². The van der Waals surface area contributed by atoms with Gasteiger partial charge in [-0.3, -0.25) is 0 Å².